The van der Waals surface area contributed by atoms with Crippen molar-refractivity contribution in [2.75, 3.05) is 7.11 Å². The van der Waals surface area contributed by atoms with Crippen molar-refractivity contribution >= 4 is 11.8 Å². The molecule has 2 amide bonds. The molecule has 0 unspecified atom stereocenters. The molecule has 2 rings (SSSR count). The summed E-state index contributed by atoms with van der Waals surface area (Å²) >= 11 is 0. The second-order valence-corrected chi connectivity index (χ2v) is 5.85. The molecule has 1 aliphatic rings. The quantitative estimate of drug-likeness (QED) is 0.840. The van der Waals surface area contributed by atoms with Crippen molar-refractivity contribution in [2.24, 2.45) is 11.7 Å². The van der Waals surface area contributed by atoms with Gasteiger partial charge in [0, 0.05) is 12.3 Å². The Morgan fingerprint density at radius 1 is 1.23 bits per heavy atom. The van der Waals surface area contributed by atoms with Gasteiger partial charge >= 0.3 is 0 Å². The minimum atomic E-state index is -0.664. The van der Waals surface area contributed by atoms with E-state index in [2.05, 4.69) is 5.32 Å². The Bertz CT molecular complexity index is 507. The average molecular weight is 304 g/mol. The predicted octanol–water partition coefficient (Wildman–Crippen LogP) is 1.79. The summed E-state index contributed by atoms with van der Waals surface area (Å²) in [5, 5.41) is 2.82. The van der Waals surface area contributed by atoms with Crippen LogP contribution in [0, 0.1) is 5.92 Å². The molecule has 1 aromatic rings. The molecule has 0 heterocycles. The maximum atomic E-state index is 12.3. The van der Waals surface area contributed by atoms with Crippen LogP contribution < -0.4 is 15.8 Å². The van der Waals surface area contributed by atoms with Crippen molar-refractivity contribution in [3.63, 3.8) is 0 Å². The van der Waals surface area contributed by atoms with Gasteiger partial charge in [-0.2, -0.15) is 0 Å². The number of rotatable bonds is 6. The SMILES string of the molecule is COc1ccc(C[C@@H](NC(=O)C2CCCCC2)C(N)=O)cc1. The predicted molar refractivity (Wildman–Crippen MR) is 84.4 cm³/mol. The molecule has 1 atom stereocenters. The zero-order valence-electron chi connectivity index (χ0n) is 13.0. The topological polar surface area (TPSA) is 81.4 Å². The summed E-state index contributed by atoms with van der Waals surface area (Å²) in [6.45, 7) is 0. The number of nitrogens with two attached hydrogens (primary N) is 1. The second kappa shape index (κ2) is 7.82. The lowest BCUT2D eigenvalue weighted by Gasteiger charge is -2.23. The number of hydrogen-bond acceptors (Lipinski definition) is 3. The van der Waals surface area contributed by atoms with Crippen LogP contribution in [0.4, 0.5) is 0 Å². The first-order valence-electron chi connectivity index (χ1n) is 7.82. The molecule has 0 aromatic heterocycles. The number of primary amides is 1. The molecule has 0 bridgehead atoms. The summed E-state index contributed by atoms with van der Waals surface area (Å²) < 4.78 is 5.10. The molecule has 120 valence electrons. The Hall–Kier alpha value is -2.04. The van der Waals surface area contributed by atoms with Crippen molar-refractivity contribution in [2.45, 2.75) is 44.6 Å². The van der Waals surface area contributed by atoms with E-state index in [1.54, 1.807) is 7.11 Å². The fourth-order valence-electron chi connectivity index (χ4n) is 2.87. The fourth-order valence-corrected chi connectivity index (χ4v) is 2.87. The molecule has 22 heavy (non-hydrogen) atoms. The molecule has 5 nitrogen and oxygen atoms in total. The molecular weight excluding hydrogens is 280 g/mol. The van der Waals surface area contributed by atoms with Gasteiger partial charge in [0.05, 0.1) is 7.11 Å². The summed E-state index contributed by atoms with van der Waals surface area (Å²) in [5.41, 5.74) is 6.38. The van der Waals surface area contributed by atoms with E-state index in [0.29, 0.717) is 6.42 Å². The van der Waals surface area contributed by atoms with Crippen LogP contribution in [0.3, 0.4) is 0 Å². The lowest BCUT2D eigenvalue weighted by Crippen LogP contribution is -2.48. The van der Waals surface area contributed by atoms with E-state index in [0.717, 1.165) is 37.0 Å². The first kappa shape index (κ1) is 16.3. The smallest absolute Gasteiger partial charge is 0.240 e. The van der Waals surface area contributed by atoms with Crippen LogP contribution in [0.15, 0.2) is 24.3 Å². The van der Waals surface area contributed by atoms with Gasteiger partial charge in [0.2, 0.25) is 11.8 Å². The highest BCUT2D eigenvalue weighted by Crippen LogP contribution is 2.24. The Kier molecular flexibility index (Phi) is 5.81. The summed E-state index contributed by atoms with van der Waals surface area (Å²) in [7, 11) is 1.60. The van der Waals surface area contributed by atoms with Gasteiger partial charge < -0.3 is 15.8 Å². The van der Waals surface area contributed by atoms with Crippen LogP contribution in [0.5, 0.6) is 5.75 Å². The number of amides is 2. The van der Waals surface area contributed by atoms with Gasteiger partial charge in [0.25, 0.3) is 0 Å². The highest BCUT2D eigenvalue weighted by Gasteiger charge is 2.25. The summed E-state index contributed by atoms with van der Waals surface area (Å²) in [5.74, 6) is 0.231. The highest BCUT2D eigenvalue weighted by molar-refractivity contribution is 5.87. The van der Waals surface area contributed by atoms with Gasteiger partial charge in [-0.1, -0.05) is 31.4 Å². The van der Waals surface area contributed by atoms with Crippen molar-refractivity contribution in [1.82, 2.24) is 5.32 Å². The van der Waals surface area contributed by atoms with Crippen LogP contribution in [0.25, 0.3) is 0 Å². The first-order valence-corrected chi connectivity index (χ1v) is 7.82. The van der Waals surface area contributed by atoms with Crippen LogP contribution in [0.2, 0.25) is 0 Å². The van der Waals surface area contributed by atoms with Gasteiger partial charge in [-0.3, -0.25) is 9.59 Å². The third-order valence-corrected chi connectivity index (χ3v) is 4.23. The fraction of sp³-hybridized carbons (Fsp3) is 0.529. The largest absolute Gasteiger partial charge is 0.497 e. The number of nitrogens with one attached hydrogen (secondary N) is 1. The Balaban J connectivity index is 1.96. The van der Waals surface area contributed by atoms with Gasteiger partial charge in [0.1, 0.15) is 11.8 Å². The normalized spacial score (nSPS) is 16.8. The number of ether oxygens (including phenoxy) is 1. The maximum absolute atomic E-state index is 12.3. The van der Waals surface area contributed by atoms with Crippen molar-refractivity contribution in [3.8, 4) is 5.75 Å². The Labute approximate surface area is 131 Å². The van der Waals surface area contributed by atoms with E-state index in [1.807, 2.05) is 24.3 Å². The lowest BCUT2D eigenvalue weighted by molar-refractivity contribution is -0.130. The molecule has 1 aliphatic carbocycles. The van der Waals surface area contributed by atoms with E-state index in [4.69, 9.17) is 10.5 Å². The molecule has 0 aliphatic heterocycles. The summed E-state index contributed by atoms with van der Waals surface area (Å²) in [6, 6.07) is 6.75. The molecule has 3 N–H and O–H groups in total. The summed E-state index contributed by atoms with van der Waals surface area (Å²) in [4.78, 5) is 23.9. The Morgan fingerprint density at radius 3 is 2.41 bits per heavy atom. The third kappa shape index (κ3) is 4.48. The van der Waals surface area contributed by atoms with Crippen LogP contribution >= 0.6 is 0 Å². The van der Waals surface area contributed by atoms with E-state index < -0.39 is 11.9 Å². The van der Waals surface area contributed by atoms with Crippen molar-refractivity contribution < 1.29 is 14.3 Å². The number of hydrogen-bond donors (Lipinski definition) is 2. The van der Waals surface area contributed by atoms with Crippen molar-refractivity contribution in [1.29, 1.82) is 0 Å². The van der Waals surface area contributed by atoms with Crippen LogP contribution in [-0.4, -0.2) is 25.0 Å². The zero-order valence-corrected chi connectivity index (χ0v) is 13.0. The number of carbonyl (C=O) groups is 2. The van der Waals surface area contributed by atoms with E-state index in [1.165, 1.54) is 6.42 Å². The third-order valence-electron chi connectivity index (χ3n) is 4.23. The van der Waals surface area contributed by atoms with Crippen LogP contribution in [-0.2, 0) is 16.0 Å². The highest BCUT2D eigenvalue weighted by atomic mass is 16.5. The molecule has 0 saturated heterocycles. The lowest BCUT2D eigenvalue weighted by atomic mass is 9.88. The molecule has 0 radical (unpaired) electrons. The van der Waals surface area contributed by atoms with Gasteiger partial charge in [-0.25, -0.2) is 0 Å². The number of benzene rings is 1. The Morgan fingerprint density at radius 2 is 1.86 bits per heavy atom. The summed E-state index contributed by atoms with van der Waals surface area (Å²) in [6.07, 6.45) is 5.56. The molecule has 1 aromatic carbocycles. The first-order chi connectivity index (χ1) is 10.6. The maximum Gasteiger partial charge on any atom is 0.240 e. The molecular formula is C17H24N2O3. The second-order valence-electron chi connectivity index (χ2n) is 5.85. The standard InChI is InChI=1S/C17H24N2O3/c1-22-14-9-7-12(8-10-14)11-15(16(18)20)19-17(21)13-5-3-2-4-6-13/h7-10,13,15H,2-6,11H2,1H3,(H2,18,20)(H,19,21)/t15-/m1/s1. The van der Waals surface area contributed by atoms with E-state index in [9.17, 15) is 9.59 Å². The van der Waals surface area contributed by atoms with Crippen LogP contribution in [0.1, 0.15) is 37.7 Å². The zero-order chi connectivity index (χ0) is 15.9. The molecule has 0 spiro atoms. The average Bonchev–Trinajstić information content (AvgIpc) is 2.55. The van der Waals surface area contributed by atoms with Gasteiger partial charge in [-0.05, 0) is 30.5 Å². The van der Waals surface area contributed by atoms with Gasteiger partial charge in [-0.15, -0.1) is 0 Å². The number of methoxy groups -OCH3 is 1. The molecule has 1 fully saturated rings. The number of carbonyl (C=O) groups excluding carboxylic acids is 2. The monoisotopic (exact) mass is 304 g/mol. The van der Waals surface area contributed by atoms with Gasteiger partial charge in [0.15, 0.2) is 0 Å². The minimum Gasteiger partial charge on any atom is -0.497 e. The molecule has 5 heteroatoms. The molecule has 1 saturated carbocycles. The van der Waals surface area contributed by atoms with E-state index >= 15 is 0 Å². The van der Waals surface area contributed by atoms with Crippen molar-refractivity contribution in [3.05, 3.63) is 29.8 Å². The van der Waals surface area contributed by atoms with E-state index in [-0.39, 0.29) is 11.8 Å². The minimum absolute atomic E-state index is 0.0199.